The lowest BCUT2D eigenvalue weighted by Gasteiger charge is -1.94. The molecule has 1 rings (SSSR count). The van der Waals surface area contributed by atoms with Gasteiger partial charge in [-0.2, -0.15) is 0 Å². The van der Waals surface area contributed by atoms with Gasteiger partial charge in [0.1, 0.15) is 0 Å². The van der Waals surface area contributed by atoms with Gasteiger partial charge >= 0.3 is 5.97 Å². The minimum Gasteiger partial charge on any atom is -0.478 e. The summed E-state index contributed by atoms with van der Waals surface area (Å²) in [6.07, 6.45) is 3.45. The van der Waals surface area contributed by atoms with E-state index in [1.54, 1.807) is 0 Å². The van der Waals surface area contributed by atoms with Crippen LogP contribution in [-0.2, 0) is 14.4 Å². The Kier molecular flexibility index (Phi) is 5.26. The molecule has 0 spiro atoms. The molecule has 1 aliphatic rings. The van der Waals surface area contributed by atoms with Crippen LogP contribution in [0.5, 0.6) is 0 Å². The van der Waals surface area contributed by atoms with Crippen LogP contribution in [0.25, 0.3) is 0 Å². The SMILES string of the molecule is C=C(C)C(=O)O.O=C1C=CC(=O)C(Cl)=C1. The van der Waals surface area contributed by atoms with Crippen molar-refractivity contribution in [2.24, 2.45) is 0 Å². The average molecular weight is 229 g/mol. The summed E-state index contributed by atoms with van der Waals surface area (Å²) >= 11 is 5.30. The summed E-state index contributed by atoms with van der Waals surface area (Å²) in [5.41, 5.74) is 0.176. The maximum absolute atomic E-state index is 10.5. The Morgan fingerprint density at radius 2 is 1.87 bits per heavy atom. The third kappa shape index (κ3) is 5.59. The Morgan fingerprint density at radius 1 is 1.40 bits per heavy atom. The number of halogens is 1. The first-order valence-electron chi connectivity index (χ1n) is 3.87. The molecule has 0 saturated heterocycles. The fourth-order valence-corrected chi connectivity index (χ4v) is 0.652. The molecular weight excluding hydrogens is 220 g/mol. The van der Waals surface area contributed by atoms with Gasteiger partial charge in [0.05, 0.1) is 5.03 Å². The first-order valence-corrected chi connectivity index (χ1v) is 4.24. The largest absolute Gasteiger partial charge is 0.478 e. The molecule has 4 nitrogen and oxygen atoms in total. The van der Waals surface area contributed by atoms with Crippen LogP contribution in [0.2, 0.25) is 0 Å². The minimum atomic E-state index is -0.935. The van der Waals surface area contributed by atoms with Gasteiger partial charge in [-0.15, -0.1) is 0 Å². The summed E-state index contributed by atoms with van der Waals surface area (Å²) in [6.45, 7) is 4.60. The smallest absolute Gasteiger partial charge is 0.330 e. The first-order chi connectivity index (χ1) is 6.84. The summed E-state index contributed by atoms with van der Waals surface area (Å²) in [7, 11) is 0. The molecule has 1 aliphatic carbocycles. The molecule has 0 amide bonds. The van der Waals surface area contributed by atoms with Crippen molar-refractivity contribution < 1.29 is 19.5 Å². The summed E-state index contributed by atoms with van der Waals surface area (Å²) < 4.78 is 0. The number of carbonyl (C=O) groups excluding carboxylic acids is 2. The predicted molar refractivity (Wildman–Crippen MR) is 55.5 cm³/mol. The quantitative estimate of drug-likeness (QED) is 0.545. The van der Waals surface area contributed by atoms with Gasteiger partial charge in [0.15, 0.2) is 11.6 Å². The normalized spacial score (nSPS) is 13.9. The van der Waals surface area contributed by atoms with E-state index in [9.17, 15) is 14.4 Å². The van der Waals surface area contributed by atoms with E-state index in [0.29, 0.717) is 0 Å². The van der Waals surface area contributed by atoms with E-state index in [1.165, 1.54) is 13.0 Å². The molecule has 0 saturated carbocycles. The molecule has 1 N–H and O–H groups in total. The zero-order valence-electron chi connectivity index (χ0n) is 7.99. The van der Waals surface area contributed by atoms with Gasteiger partial charge in [0.25, 0.3) is 0 Å². The van der Waals surface area contributed by atoms with Crippen molar-refractivity contribution in [3.63, 3.8) is 0 Å². The lowest BCUT2D eigenvalue weighted by Crippen LogP contribution is -2.02. The van der Waals surface area contributed by atoms with Crippen molar-refractivity contribution in [1.29, 1.82) is 0 Å². The van der Waals surface area contributed by atoms with Gasteiger partial charge < -0.3 is 5.11 Å². The van der Waals surface area contributed by atoms with E-state index in [-0.39, 0.29) is 22.2 Å². The number of hydrogen-bond donors (Lipinski definition) is 1. The number of ketones is 2. The van der Waals surface area contributed by atoms with Gasteiger partial charge in [-0.1, -0.05) is 18.2 Å². The van der Waals surface area contributed by atoms with Crippen LogP contribution < -0.4 is 0 Å². The van der Waals surface area contributed by atoms with E-state index < -0.39 is 5.97 Å². The van der Waals surface area contributed by atoms with Crippen LogP contribution in [0.3, 0.4) is 0 Å². The van der Waals surface area contributed by atoms with Gasteiger partial charge in [-0.05, 0) is 19.1 Å². The van der Waals surface area contributed by atoms with Crippen LogP contribution in [-0.4, -0.2) is 22.6 Å². The maximum Gasteiger partial charge on any atom is 0.330 e. The summed E-state index contributed by atoms with van der Waals surface area (Å²) in [5, 5.41) is 7.88. The standard InChI is InChI=1S/C6H3ClO2.C4H6O2/c7-5-3-4(8)1-2-6(5)9;1-3(2)4(5)6/h1-3H;1H2,2H3,(H,5,6). The van der Waals surface area contributed by atoms with Crippen LogP contribution in [0.4, 0.5) is 0 Å². The van der Waals surface area contributed by atoms with Crippen molar-refractivity contribution in [3.8, 4) is 0 Å². The van der Waals surface area contributed by atoms with E-state index in [2.05, 4.69) is 6.58 Å². The molecule has 0 radical (unpaired) electrons. The van der Waals surface area contributed by atoms with Crippen molar-refractivity contribution in [2.45, 2.75) is 6.92 Å². The van der Waals surface area contributed by atoms with Crippen molar-refractivity contribution in [1.82, 2.24) is 0 Å². The highest BCUT2D eigenvalue weighted by Gasteiger charge is 2.08. The topological polar surface area (TPSA) is 71.4 Å². The molecular formula is C10H9ClO4. The summed E-state index contributed by atoms with van der Waals surface area (Å²) in [5.74, 6) is -1.48. The number of carboxylic acids is 1. The lowest BCUT2D eigenvalue weighted by molar-refractivity contribution is -0.132. The van der Waals surface area contributed by atoms with E-state index >= 15 is 0 Å². The zero-order chi connectivity index (χ0) is 12.0. The zero-order valence-corrected chi connectivity index (χ0v) is 8.75. The number of carboxylic acid groups (broad SMARTS) is 1. The van der Waals surface area contributed by atoms with E-state index in [4.69, 9.17) is 16.7 Å². The lowest BCUT2D eigenvalue weighted by atomic mass is 10.2. The van der Waals surface area contributed by atoms with Crippen molar-refractivity contribution >= 4 is 29.1 Å². The molecule has 15 heavy (non-hydrogen) atoms. The fraction of sp³-hybridized carbons (Fsp3) is 0.100. The Hall–Kier alpha value is -1.68. The van der Waals surface area contributed by atoms with Crippen LogP contribution in [0, 0.1) is 0 Å². The Morgan fingerprint density at radius 3 is 2.13 bits per heavy atom. The highest BCUT2D eigenvalue weighted by Crippen LogP contribution is 2.08. The molecule has 0 aromatic rings. The Labute approximate surface area is 91.5 Å². The first kappa shape index (κ1) is 13.3. The summed E-state index contributed by atoms with van der Waals surface area (Å²) in [6, 6.07) is 0. The number of carbonyl (C=O) groups is 3. The highest BCUT2D eigenvalue weighted by atomic mass is 35.5. The van der Waals surface area contributed by atoms with Gasteiger partial charge in [-0.3, -0.25) is 9.59 Å². The molecule has 0 heterocycles. The molecule has 5 heteroatoms. The van der Waals surface area contributed by atoms with Gasteiger partial charge in [0.2, 0.25) is 0 Å². The second-order valence-corrected chi connectivity index (χ2v) is 3.08. The monoisotopic (exact) mass is 228 g/mol. The molecule has 0 atom stereocenters. The second kappa shape index (κ2) is 5.93. The molecule has 0 aromatic heterocycles. The maximum atomic E-state index is 10.5. The van der Waals surface area contributed by atoms with E-state index in [1.807, 2.05) is 0 Å². The highest BCUT2D eigenvalue weighted by molar-refractivity contribution is 6.47. The number of rotatable bonds is 1. The molecule has 0 fully saturated rings. The third-order valence-corrected chi connectivity index (χ3v) is 1.56. The number of hydrogen-bond acceptors (Lipinski definition) is 3. The van der Waals surface area contributed by atoms with Gasteiger partial charge in [0, 0.05) is 11.6 Å². The van der Waals surface area contributed by atoms with Crippen LogP contribution >= 0.6 is 11.6 Å². The van der Waals surface area contributed by atoms with Gasteiger partial charge in [-0.25, -0.2) is 4.79 Å². The minimum absolute atomic E-state index is 0.0116. The molecule has 80 valence electrons. The Balaban J connectivity index is 0.000000288. The fourth-order valence-electron chi connectivity index (χ4n) is 0.482. The second-order valence-electron chi connectivity index (χ2n) is 2.68. The summed E-state index contributed by atoms with van der Waals surface area (Å²) in [4.78, 5) is 30.5. The molecule has 0 bridgehead atoms. The number of aliphatic carboxylic acids is 1. The van der Waals surface area contributed by atoms with Crippen LogP contribution in [0.1, 0.15) is 6.92 Å². The third-order valence-electron chi connectivity index (χ3n) is 1.27. The molecule has 0 aromatic carbocycles. The average Bonchev–Trinajstić information content (AvgIpc) is 2.13. The van der Waals surface area contributed by atoms with E-state index in [0.717, 1.165) is 12.2 Å². The van der Waals surface area contributed by atoms with Crippen LogP contribution in [0.15, 0.2) is 35.4 Å². The Bertz CT molecular complexity index is 365. The predicted octanol–water partition coefficient (Wildman–Crippen LogP) is 1.46. The molecule has 0 aliphatic heterocycles. The number of allylic oxidation sites excluding steroid dienone is 4. The molecule has 0 unspecified atom stereocenters. The van der Waals surface area contributed by atoms with Crippen molar-refractivity contribution in [2.75, 3.05) is 0 Å². The van der Waals surface area contributed by atoms with Crippen molar-refractivity contribution in [3.05, 3.63) is 35.4 Å².